The van der Waals surface area contributed by atoms with Gasteiger partial charge in [0.15, 0.2) is 17.2 Å². The number of fused-ring (bicyclic) bond motifs is 1. The van der Waals surface area contributed by atoms with Crippen LogP contribution >= 0.6 is 11.5 Å². The first-order valence-electron chi connectivity index (χ1n) is 11.7. The Morgan fingerprint density at radius 3 is 2.76 bits per heavy atom. The molecule has 0 amide bonds. The van der Waals surface area contributed by atoms with E-state index in [4.69, 9.17) is 0 Å². The lowest BCUT2D eigenvalue weighted by molar-refractivity contribution is -0.117. The molecule has 1 atom stereocenters. The molecule has 0 aliphatic rings. The number of hydrogen-bond acceptors (Lipinski definition) is 8. The summed E-state index contributed by atoms with van der Waals surface area (Å²) in [4.78, 5) is 20.6. The van der Waals surface area contributed by atoms with Crippen LogP contribution < -0.4 is 10.6 Å². The smallest absolute Gasteiger partial charge is 0.180 e. The van der Waals surface area contributed by atoms with E-state index in [1.54, 1.807) is 24.0 Å². The van der Waals surface area contributed by atoms with Gasteiger partial charge in [-0.1, -0.05) is 34.1 Å². The Balaban J connectivity index is 0.00000158. The number of aryl methyl sites for hydroxylation is 1. The Kier molecular flexibility index (Phi) is 8.89. The van der Waals surface area contributed by atoms with E-state index in [0.29, 0.717) is 11.7 Å². The molecule has 4 rings (SSSR count). The maximum atomic E-state index is 11.4. The van der Waals surface area contributed by atoms with Gasteiger partial charge >= 0.3 is 0 Å². The molecular formula is C24H34N8OS. The van der Waals surface area contributed by atoms with Crippen LogP contribution in [0.3, 0.4) is 0 Å². The van der Waals surface area contributed by atoms with Gasteiger partial charge < -0.3 is 10.6 Å². The van der Waals surface area contributed by atoms with Crippen molar-refractivity contribution in [3.8, 4) is 11.3 Å². The van der Waals surface area contributed by atoms with Crippen LogP contribution in [0.2, 0.25) is 0 Å². The van der Waals surface area contributed by atoms with Crippen LogP contribution in [0.5, 0.6) is 0 Å². The highest BCUT2D eigenvalue weighted by Gasteiger charge is 2.15. The van der Waals surface area contributed by atoms with E-state index in [1.165, 1.54) is 11.5 Å². The summed E-state index contributed by atoms with van der Waals surface area (Å²) in [6.45, 7) is 13.9. The molecule has 4 aromatic rings. The maximum Gasteiger partial charge on any atom is 0.180 e. The van der Waals surface area contributed by atoms with Crippen LogP contribution in [0.4, 0.5) is 10.8 Å². The predicted molar refractivity (Wildman–Crippen MR) is 138 cm³/mol. The van der Waals surface area contributed by atoms with Crippen LogP contribution in [-0.4, -0.2) is 40.9 Å². The summed E-state index contributed by atoms with van der Waals surface area (Å²) < 4.78 is 8.17. The zero-order chi connectivity index (χ0) is 24.7. The standard InChI is InChI=1S/C22H28N8OS.C2H6/c1-5-14(2)7-23-9-18-6-20(32-28-18)27-21-22-24-10-19(30(22)11-15(3)26-21)17-8-25-29(13-17)12-16(4)31;1-2/h6,8,10-11,13-14,23H,5,7,9,12H2,1-4H3,(H,26,27);1-2H3. The van der Waals surface area contributed by atoms with Gasteiger partial charge in [-0.05, 0) is 43.9 Å². The second-order valence-corrected chi connectivity index (χ2v) is 8.95. The van der Waals surface area contributed by atoms with E-state index >= 15 is 0 Å². The third-order valence-corrected chi connectivity index (χ3v) is 5.97. The average molecular weight is 483 g/mol. The molecule has 0 aliphatic carbocycles. The molecular weight excluding hydrogens is 448 g/mol. The fourth-order valence-corrected chi connectivity index (χ4v) is 4.04. The number of carbonyl (C=O) groups excluding carboxylic acids is 1. The molecule has 0 saturated carbocycles. The lowest BCUT2D eigenvalue weighted by Gasteiger charge is -2.08. The van der Waals surface area contributed by atoms with Crippen LogP contribution in [0, 0.1) is 12.8 Å². The van der Waals surface area contributed by atoms with Gasteiger partial charge in [-0.2, -0.15) is 9.47 Å². The molecule has 182 valence electrons. The van der Waals surface area contributed by atoms with Crippen LogP contribution in [0.1, 0.15) is 52.4 Å². The zero-order valence-electron chi connectivity index (χ0n) is 20.8. The number of carbonyl (C=O) groups is 1. The number of rotatable bonds is 10. The summed E-state index contributed by atoms with van der Waals surface area (Å²) in [5, 5.41) is 12.0. The first-order valence-corrected chi connectivity index (χ1v) is 12.5. The van der Waals surface area contributed by atoms with E-state index in [1.807, 2.05) is 43.6 Å². The largest absolute Gasteiger partial charge is 0.328 e. The van der Waals surface area contributed by atoms with Gasteiger partial charge in [0.2, 0.25) is 0 Å². The van der Waals surface area contributed by atoms with Crippen molar-refractivity contribution < 1.29 is 4.79 Å². The molecule has 0 radical (unpaired) electrons. The molecule has 34 heavy (non-hydrogen) atoms. The van der Waals surface area contributed by atoms with Crippen molar-refractivity contribution in [1.29, 1.82) is 0 Å². The van der Waals surface area contributed by atoms with Crippen molar-refractivity contribution in [1.82, 2.24) is 33.8 Å². The first-order chi connectivity index (χ1) is 16.4. The number of ketones is 1. The Morgan fingerprint density at radius 1 is 1.24 bits per heavy atom. The number of aromatic nitrogens is 6. The Hall–Kier alpha value is -3.11. The Bertz CT molecular complexity index is 1220. The normalized spacial score (nSPS) is 11.8. The van der Waals surface area contributed by atoms with Crippen molar-refractivity contribution in [3.05, 3.63) is 42.2 Å². The number of imidazole rings is 1. The second kappa shape index (κ2) is 11.8. The van der Waals surface area contributed by atoms with Crippen molar-refractivity contribution >= 4 is 33.8 Å². The summed E-state index contributed by atoms with van der Waals surface area (Å²) in [5.41, 5.74) is 4.36. The fraction of sp³-hybridized carbons (Fsp3) is 0.458. The predicted octanol–water partition coefficient (Wildman–Crippen LogP) is 4.85. The van der Waals surface area contributed by atoms with Crippen molar-refractivity contribution in [2.24, 2.45) is 5.92 Å². The van der Waals surface area contributed by atoms with E-state index in [9.17, 15) is 4.79 Å². The molecule has 0 spiro atoms. The summed E-state index contributed by atoms with van der Waals surface area (Å²) in [6, 6.07) is 2.05. The lowest BCUT2D eigenvalue weighted by atomic mass is 10.1. The third-order valence-electron chi connectivity index (χ3n) is 5.22. The second-order valence-electron chi connectivity index (χ2n) is 8.15. The number of nitrogens with one attached hydrogen (secondary N) is 2. The minimum absolute atomic E-state index is 0.0586. The third kappa shape index (κ3) is 6.27. The van der Waals surface area contributed by atoms with E-state index in [0.717, 1.165) is 52.8 Å². The highest BCUT2D eigenvalue weighted by molar-refractivity contribution is 7.10. The minimum atomic E-state index is 0.0586. The summed E-state index contributed by atoms with van der Waals surface area (Å²) >= 11 is 1.41. The molecule has 0 bridgehead atoms. The van der Waals surface area contributed by atoms with Gasteiger partial charge in [0.1, 0.15) is 5.00 Å². The topological polar surface area (TPSA) is 102 Å². The number of Topliss-reactive ketones (excluding diaryl/α,β-unsaturated/α-hetero) is 1. The average Bonchev–Trinajstić information content (AvgIpc) is 3.55. The van der Waals surface area contributed by atoms with Gasteiger partial charge in [0, 0.05) is 24.5 Å². The summed E-state index contributed by atoms with van der Waals surface area (Å²) in [7, 11) is 0. The fourth-order valence-electron chi connectivity index (χ4n) is 3.38. The maximum absolute atomic E-state index is 11.4. The monoisotopic (exact) mass is 482 g/mol. The van der Waals surface area contributed by atoms with E-state index < -0.39 is 0 Å². The van der Waals surface area contributed by atoms with Crippen LogP contribution in [-0.2, 0) is 17.9 Å². The van der Waals surface area contributed by atoms with Gasteiger partial charge in [0.05, 0.1) is 36.0 Å². The van der Waals surface area contributed by atoms with E-state index in [-0.39, 0.29) is 12.3 Å². The van der Waals surface area contributed by atoms with Crippen LogP contribution in [0.25, 0.3) is 16.9 Å². The molecule has 4 aromatic heterocycles. The van der Waals surface area contributed by atoms with Gasteiger partial charge in [0.25, 0.3) is 0 Å². The lowest BCUT2D eigenvalue weighted by Crippen LogP contribution is -2.20. The number of nitrogens with zero attached hydrogens (tertiary/aromatic N) is 6. The minimum Gasteiger partial charge on any atom is -0.328 e. The zero-order valence-corrected chi connectivity index (χ0v) is 21.6. The highest BCUT2D eigenvalue weighted by atomic mass is 32.1. The summed E-state index contributed by atoms with van der Waals surface area (Å²) in [6.07, 6.45) is 8.51. The van der Waals surface area contributed by atoms with E-state index in [2.05, 4.69) is 43.9 Å². The quantitative estimate of drug-likeness (QED) is 0.333. The molecule has 0 saturated heterocycles. The molecule has 0 aromatic carbocycles. The van der Waals surface area contributed by atoms with Gasteiger partial charge in [-0.25, -0.2) is 9.97 Å². The van der Waals surface area contributed by atoms with Gasteiger partial charge in [-0.15, -0.1) is 0 Å². The van der Waals surface area contributed by atoms with Crippen molar-refractivity contribution in [2.45, 2.75) is 61.1 Å². The Morgan fingerprint density at radius 2 is 2.03 bits per heavy atom. The SMILES string of the molecule is CC.CCC(C)CNCc1cc(Nc2nc(C)cn3c(-c4cnn(CC(C)=O)c4)cnc23)sn1. The van der Waals surface area contributed by atoms with Crippen LogP contribution in [0.15, 0.2) is 30.9 Å². The van der Waals surface area contributed by atoms with Crippen molar-refractivity contribution in [2.75, 3.05) is 11.9 Å². The summed E-state index contributed by atoms with van der Waals surface area (Å²) in [5.74, 6) is 1.39. The molecule has 9 nitrogen and oxygen atoms in total. The molecule has 1 unspecified atom stereocenters. The molecule has 10 heteroatoms. The molecule has 2 N–H and O–H groups in total. The van der Waals surface area contributed by atoms with Crippen molar-refractivity contribution in [3.63, 3.8) is 0 Å². The molecule has 0 fully saturated rings. The number of hydrogen-bond donors (Lipinski definition) is 2. The number of anilines is 2. The first kappa shape index (κ1) is 25.5. The highest BCUT2D eigenvalue weighted by Crippen LogP contribution is 2.27. The molecule has 4 heterocycles. The van der Waals surface area contributed by atoms with Gasteiger partial charge in [-0.3, -0.25) is 13.9 Å². The Labute approximate surface area is 204 Å². The molecule has 0 aliphatic heterocycles.